The summed E-state index contributed by atoms with van der Waals surface area (Å²) in [5.41, 5.74) is 0.617. The number of imide groups is 1. The van der Waals surface area contributed by atoms with Crippen molar-refractivity contribution in [2.24, 2.45) is 34.5 Å². The van der Waals surface area contributed by atoms with Crippen molar-refractivity contribution in [3.05, 3.63) is 11.6 Å². The maximum Gasteiger partial charge on any atom is 0.333 e. The third kappa shape index (κ3) is 4.41. The standard InChI is InChI=1S/C29H37NO8/c1-16(31)20-6-7-21-19-5-4-17-14-18(32)12-13-28(17,2)27(19)22(15-29(20,21)3)37-25(35)10-11-26(36)38-30-23(33)8-9-24(30)34/h14,19-22,27H,4-13,15H2,1-3H3/t19-,20-,21+,22+,27-,28-,29+/m0/s1. The highest BCUT2D eigenvalue weighted by atomic mass is 16.7. The lowest BCUT2D eigenvalue weighted by molar-refractivity contribution is -0.198. The van der Waals surface area contributed by atoms with Crippen LogP contribution in [0, 0.1) is 34.5 Å². The monoisotopic (exact) mass is 527 g/mol. The van der Waals surface area contributed by atoms with Gasteiger partial charge in [-0.15, -0.1) is 5.06 Å². The number of amides is 2. The normalized spacial score (nSPS) is 38.2. The summed E-state index contributed by atoms with van der Waals surface area (Å²) in [5.74, 6) is -1.59. The van der Waals surface area contributed by atoms with Crippen molar-refractivity contribution < 1.29 is 38.3 Å². The van der Waals surface area contributed by atoms with E-state index in [1.165, 1.54) is 0 Å². The molecule has 1 aliphatic heterocycles. The van der Waals surface area contributed by atoms with Gasteiger partial charge >= 0.3 is 11.9 Å². The van der Waals surface area contributed by atoms with Crippen molar-refractivity contribution in [2.75, 3.05) is 0 Å². The fourth-order valence-corrected chi connectivity index (χ4v) is 8.67. The number of Topliss-reactive ketones (excluding diaryl/α,β-unsaturated/α-hetero) is 1. The number of hydrogen-bond acceptors (Lipinski definition) is 8. The molecular weight excluding hydrogens is 490 g/mol. The van der Waals surface area contributed by atoms with Gasteiger partial charge in [-0.05, 0) is 74.2 Å². The van der Waals surface area contributed by atoms with Crippen LogP contribution >= 0.6 is 0 Å². The van der Waals surface area contributed by atoms with Crippen molar-refractivity contribution in [3.8, 4) is 0 Å². The Morgan fingerprint density at radius 2 is 1.63 bits per heavy atom. The molecule has 0 spiro atoms. The average molecular weight is 528 g/mol. The molecule has 1 saturated heterocycles. The summed E-state index contributed by atoms with van der Waals surface area (Å²) in [4.78, 5) is 78.5. The lowest BCUT2D eigenvalue weighted by Crippen LogP contribution is -2.58. The van der Waals surface area contributed by atoms with E-state index in [-0.39, 0.29) is 65.8 Å². The van der Waals surface area contributed by atoms with Gasteiger partial charge in [0.25, 0.3) is 11.8 Å². The molecule has 3 saturated carbocycles. The molecule has 9 heteroatoms. The number of carbonyl (C=O) groups excluding carboxylic acids is 6. The van der Waals surface area contributed by atoms with Gasteiger partial charge in [0, 0.05) is 31.1 Å². The van der Waals surface area contributed by atoms with Gasteiger partial charge in [0.2, 0.25) is 0 Å². The molecule has 9 nitrogen and oxygen atoms in total. The first-order valence-electron chi connectivity index (χ1n) is 13.9. The maximum atomic E-state index is 13.1. The number of hydrogen-bond donors (Lipinski definition) is 0. The summed E-state index contributed by atoms with van der Waals surface area (Å²) in [6.07, 6.45) is 6.16. The first-order valence-corrected chi connectivity index (χ1v) is 13.9. The van der Waals surface area contributed by atoms with E-state index in [4.69, 9.17) is 9.57 Å². The van der Waals surface area contributed by atoms with Crippen molar-refractivity contribution in [1.29, 1.82) is 0 Å². The van der Waals surface area contributed by atoms with Crippen LogP contribution in [0.2, 0.25) is 0 Å². The van der Waals surface area contributed by atoms with Crippen molar-refractivity contribution >= 4 is 35.3 Å². The molecule has 2 amide bonds. The van der Waals surface area contributed by atoms with E-state index in [9.17, 15) is 28.8 Å². The molecule has 0 aromatic rings. The zero-order chi connectivity index (χ0) is 27.4. The first kappa shape index (κ1) is 26.8. The number of ketones is 2. The van der Waals surface area contributed by atoms with Gasteiger partial charge in [-0.25, -0.2) is 4.79 Å². The molecule has 1 heterocycles. The van der Waals surface area contributed by atoms with Crippen LogP contribution in [-0.2, 0) is 38.3 Å². The minimum atomic E-state index is -0.841. The van der Waals surface area contributed by atoms with E-state index < -0.39 is 29.9 Å². The second kappa shape index (κ2) is 9.72. The third-order valence-electron chi connectivity index (χ3n) is 10.4. The lowest BCUT2D eigenvalue weighted by Gasteiger charge is -2.60. The molecule has 5 aliphatic rings. The van der Waals surface area contributed by atoms with E-state index in [0.717, 1.165) is 37.7 Å². The quantitative estimate of drug-likeness (QED) is 0.379. The Morgan fingerprint density at radius 1 is 0.947 bits per heavy atom. The number of nitrogens with zero attached hydrogens (tertiary/aromatic N) is 1. The summed E-state index contributed by atoms with van der Waals surface area (Å²) in [5, 5.41) is 0.476. The molecule has 0 bridgehead atoms. The van der Waals surface area contributed by atoms with Crippen LogP contribution in [0.3, 0.4) is 0 Å². The van der Waals surface area contributed by atoms with Crippen LogP contribution in [0.25, 0.3) is 0 Å². The number of carbonyl (C=O) groups is 6. The SMILES string of the molecule is CC(=O)[C@@H]1CC[C@@H]2[C@@H]3CCC4=CC(=O)CC[C@]4(C)[C@@H]3[C@H](OC(=O)CCC(=O)ON3C(=O)CCC3=O)C[C@@]21C. The Morgan fingerprint density at radius 3 is 2.32 bits per heavy atom. The van der Waals surface area contributed by atoms with Crippen molar-refractivity contribution in [2.45, 2.75) is 97.5 Å². The van der Waals surface area contributed by atoms with Crippen LogP contribution in [0.1, 0.15) is 91.4 Å². The summed E-state index contributed by atoms with van der Waals surface area (Å²) in [7, 11) is 0. The van der Waals surface area contributed by atoms with Gasteiger partial charge in [0.1, 0.15) is 11.9 Å². The topological polar surface area (TPSA) is 124 Å². The molecule has 7 atom stereocenters. The number of hydroxylamine groups is 2. The maximum absolute atomic E-state index is 13.1. The van der Waals surface area contributed by atoms with Gasteiger partial charge in [-0.1, -0.05) is 19.4 Å². The second-order valence-electron chi connectivity index (χ2n) is 12.4. The van der Waals surface area contributed by atoms with E-state index in [1.807, 2.05) is 0 Å². The number of rotatable bonds is 6. The molecule has 38 heavy (non-hydrogen) atoms. The number of ether oxygens (including phenoxy) is 1. The van der Waals surface area contributed by atoms with Gasteiger partial charge in [0.05, 0.1) is 12.8 Å². The Kier molecular flexibility index (Phi) is 6.84. The molecule has 0 N–H and O–H groups in total. The van der Waals surface area contributed by atoms with Gasteiger partial charge in [-0.3, -0.25) is 24.0 Å². The molecule has 0 aromatic heterocycles. The Hall–Kier alpha value is -2.84. The molecule has 5 rings (SSSR count). The third-order valence-corrected chi connectivity index (χ3v) is 10.4. The van der Waals surface area contributed by atoms with Crippen LogP contribution in [0.4, 0.5) is 0 Å². The number of esters is 1. The Balaban J connectivity index is 1.34. The molecule has 0 unspecified atom stereocenters. The van der Waals surface area contributed by atoms with Gasteiger partial charge in [0.15, 0.2) is 5.78 Å². The highest BCUT2D eigenvalue weighted by Crippen LogP contribution is 2.67. The molecule has 0 aromatic carbocycles. The summed E-state index contributed by atoms with van der Waals surface area (Å²) in [6.45, 7) is 6.03. The van der Waals surface area contributed by atoms with Crippen molar-refractivity contribution in [3.63, 3.8) is 0 Å². The van der Waals surface area contributed by atoms with Crippen LogP contribution in [-0.4, -0.2) is 46.5 Å². The average Bonchev–Trinajstić information content (AvgIpc) is 3.36. The summed E-state index contributed by atoms with van der Waals surface area (Å²) < 4.78 is 6.15. The molecule has 4 aliphatic carbocycles. The van der Waals surface area contributed by atoms with Crippen LogP contribution in [0.15, 0.2) is 11.6 Å². The Bertz CT molecular complexity index is 1110. The fraction of sp³-hybridized carbons (Fsp3) is 0.724. The molecular formula is C29H37NO8. The van der Waals surface area contributed by atoms with Crippen molar-refractivity contribution in [1.82, 2.24) is 5.06 Å². The minimum Gasteiger partial charge on any atom is -0.462 e. The molecule has 4 fully saturated rings. The van der Waals surface area contributed by atoms with E-state index in [0.29, 0.717) is 23.8 Å². The first-order chi connectivity index (χ1) is 17.9. The van der Waals surface area contributed by atoms with E-state index >= 15 is 0 Å². The summed E-state index contributed by atoms with van der Waals surface area (Å²) in [6, 6.07) is 0. The predicted octanol–water partition coefficient (Wildman–Crippen LogP) is 3.63. The second-order valence-corrected chi connectivity index (χ2v) is 12.4. The lowest BCUT2D eigenvalue weighted by atomic mass is 9.46. The molecule has 0 radical (unpaired) electrons. The van der Waals surface area contributed by atoms with Gasteiger partial charge < -0.3 is 9.57 Å². The zero-order valence-corrected chi connectivity index (χ0v) is 22.5. The summed E-state index contributed by atoms with van der Waals surface area (Å²) >= 11 is 0. The van der Waals surface area contributed by atoms with E-state index in [2.05, 4.69) is 13.8 Å². The fourth-order valence-electron chi connectivity index (χ4n) is 8.67. The van der Waals surface area contributed by atoms with Gasteiger partial charge in [-0.2, -0.15) is 0 Å². The van der Waals surface area contributed by atoms with Crippen LogP contribution < -0.4 is 0 Å². The van der Waals surface area contributed by atoms with E-state index in [1.54, 1.807) is 13.0 Å². The number of allylic oxidation sites excluding steroid dienone is 1. The highest BCUT2D eigenvalue weighted by molar-refractivity contribution is 6.01. The largest absolute Gasteiger partial charge is 0.462 e. The zero-order valence-electron chi connectivity index (χ0n) is 22.5. The molecule has 206 valence electrons. The number of fused-ring (bicyclic) bond motifs is 5. The van der Waals surface area contributed by atoms with Crippen LogP contribution in [0.5, 0.6) is 0 Å². The predicted molar refractivity (Wildman–Crippen MR) is 133 cm³/mol. The smallest absolute Gasteiger partial charge is 0.333 e. The minimum absolute atomic E-state index is 0.000207. The Labute approximate surface area is 222 Å². The highest BCUT2D eigenvalue weighted by Gasteiger charge is 2.63.